The van der Waals surface area contributed by atoms with Gasteiger partial charge in [0.05, 0.1) is 12.2 Å². The Hall–Kier alpha value is -1.22. The molecule has 0 unspecified atom stereocenters. The fraction of sp³-hybridized carbons (Fsp3) is 0.647. The van der Waals surface area contributed by atoms with Crippen molar-refractivity contribution in [1.29, 1.82) is 0 Å². The molecule has 3 rings (SSSR count). The van der Waals surface area contributed by atoms with Gasteiger partial charge in [0, 0.05) is 31.1 Å². The summed E-state index contributed by atoms with van der Waals surface area (Å²) in [6.07, 6.45) is 4.28. The molecule has 1 saturated heterocycles. The molecule has 0 spiro atoms. The van der Waals surface area contributed by atoms with Crippen molar-refractivity contribution in [1.82, 2.24) is 15.3 Å². The standard InChI is InChI=1S/C17H26N4O2S2/c1-3-23-16(22)14-12-6-4-5-7-13(12)25-15(14)18-17(24)19-21-10-8-20(2)9-11-21/h3-11H2,1-2H3,(H2,18,19,24). The fourth-order valence-corrected chi connectivity index (χ4v) is 4.84. The molecule has 0 atom stereocenters. The van der Waals surface area contributed by atoms with Crippen molar-refractivity contribution in [2.45, 2.75) is 32.6 Å². The zero-order valence-electron chi connectivity index (χ0n) is 14.9. The van der Waals surface area contributed by atoms with Gasteiger partial charge in [-0.1, -0.05) is 0 Å². The Morgan fingerprint density at radius 1 is 1.24 bits per heavy atom. The molecule has 0 radical (unpaired) electrons. The van der Waals surface area contributed by atoms with Gasteiger partial charge in [0.1, 0.15) is 5.00 Å². The molecule has 2 N–H and O–H groups in total. The quantitative estimate of drug-likeness (QED) is 0.612. The SMILES string of the molecule is CCOC(=O)c1c(NC(=S)NN2CCN(C)CC2)sc2c1CCCC2. The summed E-state index contributed by atoms with van der Waals surface area (Å²) in [5, 5.41) is 6.72. The van der Waals surface area contributed by atoms with Crippen LogP contribution in [0.25, 0.3) is 0 Å². The minimum atomic E-state index is -0.244. The normalized spacial score (nSPS) is 18.5. The van der Waals surface area contributed by atoms with Crippen LogP contribution in [-0.2, 0) is 17.6 Å². The highest BCUT2D eigenvalue weighted by Gasteiger charge is 2.27. The van der Waals surface area contributed by atoms with Gasteiger partial charge in [-0.25, -0.2) is 9.80 Å². The zero-order chi connectivity index (χ0) is 17.8. The van der Waals surface area contributed by atoms with Crippen molar-refractivity contribution >= 4 is 39.6 Å². The number of fused-ring (bicyclic) bond motifs is 1. The van der Waals surface area contributed by atoms with E-state index in [2.05, 4.69) is 27.7 Å². The van der Waals surface area contributed by atoms with Gasteiger partial charge in [0.2, 0.25) is 0 Å². The first kappa shape index (κ1) is 18.6. The summed E-state index contributed by atoms with van der Waals surface area (Å²) in [7, 11) is 2.12. The maximum atomic E-state index is 12.5. The highest BCUT2D eigenvalue weighted by molar-refractivity contribution is 7.80. The number of nitrogens with one attached hydrogen (secondary N) is 2. The average Bonchev–Trinajstić information content (AvgIpc) is 2.95. The molecule has 1 aliphatic heterocycles. The van der Waals surface area contributed by atoms with Crippen molar-refractivity contribution in [3.8, 4) is 0 Å². The molecule has 1 aliphatic carbocycles. The van der Waals surface area contributed by atoms with Gasteiger partial charge in [0.25, 0.3) is 0 Å². The van der Waals surface area contributed by atoms with Crippen LogP contribution < -0.4 is 10.7 Å². The second-order valence-electron chi connectivity index (χ2n) is 6.49. The highest BCUT2D eigenvalue weighted by atomic mass is 32.1. The van der Waals surface area contributed by atoms with Crippen LogP contribution in [0.5, 0.6) is 0 Å². The number of esters is 1. The molecule has 1 aromatic rings. The van der Waals surface area contributed by atoms with E-state index in [-0.39, 0.29) is 5.97 Å². The third-order valence-electron chi connectivity index (χ3n) is 4.64. The largest absolute Gasteiger partial charge is 0.462 e. The summed E-state index contributed by atoms with van der Waals surface area (Å²) in [6, 6.07) is 0. The number of hydrazine groups is 1. The molecule has 1 aromatic heterocycles. The van der Waals surface area contributed by atoms with Crippen LogP contribution in [0.3, 0.4) is 0 Å². The lowest BCUT2D eigenvalue weighted by molar-refractivity contribution is 0.0526. The number of hydrogen-bond donors (Lipinski definition) is 2. The molecule has 2 heterocycles. The Labute approximate surface area is 158 Å². The summed E-state index contributed by atoms with van der Waals surface area (Å²) < 4.78 is 5.28. The second-order valence-corrected chi connectivity index (χ2v) is 8.01. The predicted molar refractivity (Wildman–Crippen MR) is 105 cm³/mol. The van der Waals surface area contributed by atoms with E-state index >= 15 is 0 Å². The lowest BCUT2D eigenvalue weighted by Crippen LogP contribution is -2.53. The van der Waals surface area contributed by atoms with E-state index in [1.165, 1.54) is 11.3 Å². The zero-order valence-corrected chi connectivity index (χ0v) is 16.5. The number of ether oxygens (including phenoxy) is 1. The molecule has 0 saturated carbocycles. The van der Waals surface area contributed by atoms with Gasteiger partial charge in [-0.2, -0.15) is 0 Å². The van der Waals surface area contributed by atoms with Crippen molar-refractivity contribution in [2.24, 2.45) is 0 Å². The molecular weight excluding hydrogens is 356 g/mol. The van der Waals surface area contributed by atoms with Gasteiger partial charge in [-0.15, -0.1) is 11.3 Å². The number of aryl methyl sites for hydroxylation is 1. The van der Waals surface area contributed by atoms with E-state index in [1.807, 2.05) is 6.92 Å². The molecule has 6 nitrogen and oxygen atoms in total. The number of likely N-dealkylation sites (N-methyl/N-ethyl adjacent to an activating group) is 1. The summed E-state index contributed by atoms with van der Waals surface area (Å²) in [5.41, 5.74) is 5.08. The summed E-state index contributed by atoms with van der Waals surface area (Å²) in [6.45, 7) is 6.08. The minimum Gasteiger partial charge on any atom is -0.462 e. The molecule has 1 fully saturated rings. The topological polar surface area (TPSA) is 56.8 Å². The van der Waals surface area contributed by atoms with Crippen molar-refractivity contribution in [3.63, 3.8) is 0 Å². The van der Waals surface area contributed by atoms with Gasteiger partial charge < -0.3 is 15.0 Å². The molecule has 138 valence electrons. The van der Waals surface area contributed by atoms with Crippen LogP contribution in [0.15, 0.2) is 0 Å². The molecular formula is C17H26N4O2S2. The number of carbonyl (C=O) groups excluding carboxylic acids is 1. The maximum absolute atomic E-state index is 12.5. The van der Waals surface area contributed by atoms with Crippen LogP contribution in [0.2, 0.25) is 0 Å². The van der Waals surface area contributed by atoms with E-state index in [4.69, 9.17) is 17.0 Å². The molecule has 2 aliphatic rings. The number of piperazine rings is 1. The first-order chi connectivity index (χ1) is 12.1. The van der Waals surface area contributed by atoms with Crippen LogP contribution in [0, 0.1) is 0 Å². The lowest BCUT2D eigenvalue weighted by atomic mass is 9.95. The first-order valence-corrected chi connectivity index (χ1v) is 10.1. The van der Waals surface area contributed by atoms with Crippen LogP contribution in [0.4, 0.5) is 5.00 Å². The summed E-state index contributed by atoms with van der Waals surface area (Å²) in [5.74, 6) is -0.244. The minimum absolute atomic E-state index is 0.244. The van der Waals surface area contributed by atoms with E-state index in [9.17, 15) is 4.79 Å². The van der Waals surface area contributed by atoms with Gasteiger partial charge in [-0.05, 0) is 57.4 Å². The lowest BCUT2D eigenvalue weighted by Gasteiger charge is -2.33. The number of rotatable bonds is 4. The van der Waals surface area contributed by atoms with E-state index in [0.29, 0.717) is 17.3 Å². The van der Waals surface area contributed by atoms with E-state index < -0.39 is 0 Å². The molecule has 25 heavy (non-hydrogen) atoms. The third kappa shape index (κ3) is 4.49. The number of anilines is 1. The number of nitrogens with zero attached hydrogens (tertiary/aromatic N) is 2. The van der Waals surface area contributed by atoms with E-state index in [0.717, 1.165) is 56.0 Å². The third-order valence-corrected chi connectivity index (χ3v) is 6.04. The van der Waals surface area contributed by atoms with Crippen LogP contribution in [0.1, 0.15) is 40.6 Å². The maximum Gasteiger partial charge on any atom is 0.341 e. The predicted octanol–water partition coefficient (Wildman–Crippen LogP) is 2.25. The van der Waals surface area contributed by atoms with Gasteiger partial charge >= 0.3 is 5.97 Å². The fourth-order valence-electron chi connectivity index (χ4n) is 3.27. The monoisotopic (exact) mass is 382 g/mol. The van der Waals surface area contributed by atoms with Gasteiger partial charge in [-0.3, -0.25) is 5.43 Å². The number of hydrogen-bond acceptors (Lipinski definition) is 6. The Balaban J connectivity index is 1.71. The number of thiophene rings is 1. The highest BCUT2D eigenvalue weighted by Crippen LogP contribution is 2.38. The number of carbonyl (C=O) groups is 1. The van der Waals surface area contributed by atoms with Crippen molar-refractivity contribution in [2.75, 3.05) is 45.2 Å². The van der Waals surface area contributed by atoms with Crippen molar-refractivity contribution < 1.29 is 9.53 Å². The Kier molecular flexibility index (Phi) is 6.27. The Morgan fingerprint density at radius 2 is 1.96 bits per heavy atom. The van der Waals surface area contributed by atoms with Crippen molar-refractivity contribution in [3.05, 3.63) is 16.0 Å². The van der Waals surface area contributed by atoms with Crippen LogP contribution in [-0.4, -0.2) is 60.8 Å². The molecule has 8 heteroatoms. The smallest absolute Gasteiger partial charge is 0.341 e. The second kappa shape index (κ2) is 8.44. The molecule has 0 amide bonds. The summed E-state index contributed by atoms with van der Waals surface area (Å²) in [4.78, 5) is 16.1. The average molecular weight is 383 g/mol. The Bertz CT molecular complexity index is 639. The molecule has 0 bridgehead atoms. The first-order valence-electron chi connectivity index (χ1n) is 8.91. The summed E-state index contributed by atoms with van der Waals surface area (Å²) >= 11 is 7.12. The van der Waals surface area contributed by atoms with Gasteiger partial charge in [0.15, 0.2) is 5.11 Å². The van der Waals surface area contributed by atoms with Crippen LogP contribution >= 0.6 is 23.6 Å². The molecule has 0 aromatic carbocycles. The Morgan fingerprint density at radius 3 is 2.68 bits per heavy atom. The van der Waals surface area contributed by atoms with E-state index in [1.54, 1.807) is 11.3 Å². The number of thiocarbonyl (C=S) groups is 1.